The summed E-state index contributed by atoms with van der Waals surface area (Å²) in [4.78, 5) is 22.0. The lowest BCUT2D eigenvalue weighted by Gasteiger charge is -2.03. The molecule has 0 spiro atoms. The van der Waals surface area contributed by atoms with E-state index in [2.05, 4.69) is 11.7 Å². The van der Waals surface area contributed by atoms with Crippen LogP contribution in [0.15, 0.2) is 0 Å². The molecule has 0 saturated heterocycles. The Kier molecular flexibility index (Phi) is 16.4. The summed E-state index contributed by atoms with van der Waals surface area (Å²) >= 11 is 5.26. The maximum atomic E-state index is 11.2. The van der Waals surface area contributed by atoms with Crippen molar-refractivity contribution in [2.75, 3.05) is 5.88 Å². The van der Waals surface area contributed by atoms with Crippen LogP contribution < -0.4 is 0 Å². The zero-order valence-electron chi connectivity index (χ0n) is 14.2. The summed E-state index contributed by atoms with van der Waals surface area (Å²) in [6, 6.07) is 0. The van der Waals surface area contributed by atoms with Crippen LogP contribution in [-0.2, 0) is 14.3 Å². The van der Waals surface area contributed by atoms with Crippen LogP contribution in [0.25, 0.3) is 0 Å². The number of hydrogen-bond acceptors (Lipinski definition) is 3. The summed E-state index contributed by atoms with van der Waals surface area (Å²) in [6.07, 6.45) is 16.8. The molecular formula is C18H33ClO3. The average molecular weight is 333 g/mol. The van der Waals surface area contributed by atoms with E-state index in [1.807, 2.05) is 0 Å². The quantitative estimate of drug-likeness (QED) is 0.165. The lowest BCUT2D eigenvalue weighted by atomic mass is 10.0. The number of alkyl halides is 1. The third-order valence-electron chi connectivity index (χ3n) is 3.82. The summed E-state index contributed by atoms with van der Waals surface area (Å²) in [5.74, 6) is -1.36. The summed E-state index contributed by atoms with van der Waals surface area (Å²) in [5, 5.41) is 0. The van der Waals surface area contributed by atoms with Crippen LogP contribution in [0.3, 0.4) is 0 Å². The third-order valence-corrected chi connectivity index (χ3v) is 4.04. The van der Waals surface area contributed by atoms with Crippen molar-refractivity contribution in [3.8, 4) is 0 Å². The summed E-state index contributed by atoms with van der Waals surface area (Å²) in [7, 11) is 0. The van der Waals surface area contributed by atoms with E-state index < -0.39 is 11.9 Å². The van der Waals surface area contributed by atoms with Crippen molar-refractivity contribution in [2.24, 2.45) is 0 Å². The molecule has 0 amide bonds. The number of halogens is 1. The molecule has 0 aromatic heterocycles. The Balaban J connectivity index is 3.14. The van der Waals surface area contributed by atoms with Crippen LogP contribution in [0.1, 0.15) is 96.8 Å². The fourth-order valence-corrected chi connectivity index (χ4v) is 2.55. The number of carbonyl (C=O) groups is 2. The van der Waals surface area contributed by atoms with Gasteiger partial charge in [-0.05, 0) is 6.42 Å². The van der Waals surface area contributed by atoms with Gasteiger partial charge in [0.2, 0.25) is 0 Å². The molecule has 0 aliphatic heterocycles. The Morgan fingerprint density at radius 2 is 1.09 bits per heavy atom. The van der Waals surface area contributed by atoms with E-state index in [4.69, 9.17) is 11.6 Å². The standard InChI is InChI=1S/C18H33ClO3/c1-2-3-4-5-6-7-8-9-10-11-12-13-14-15-17(20)22-18(21)16-19/h2-16H2,1H3. The smallest absolute Gasteiger partial charge is 0.328 e. The minimum atomic E-state index is -0.652. The summed E-state index contributed by atoms with van der Waals surface area (Å²) < 4.78 is 4.50. The van der Waals surface area contributed by atoms with Gasteiger partial charge >= 0.3 is 11.9 Å². The van der Waals surface area contributed by atoms with E-state index in [1.54, 1.807) is 0 Å². The lowest BCUT2D eigenvalue weighted by molar-refractivity contribution is -0.157. The molecule has 0 aromatic rings. The molecule has 0 saturated carbocycles. The van der Waals surface area contributed by atoms with Gasteiger partial charge in [0.1, 0.15) is 5.88 Å². The van der Waals surface area contributed by atoms with Crippen LogP contribution in [-0.4, -0.2) is 17.8 Å². The maximum Gasteiger partial charge on any atom is 0.328 e. The highest BCUT2D eigenvalue weighted by Gasteiger charge is 2.08. The Hall–Kier alpha value is -0.570. The van der Waals surface area contributed by atoms with Gasteiger partial charge in [-0.1, -0.05) is 84.0 Å². The number of unbranched alkanes of at least 4 members (excludes halogenated alkanes) is 12. The fraction of sp³-hybridized carbons (Fsp3) is 0.889. The second-order valence-electron chi connectivity index (χ2n) is 5.97. The topological polar surface area (TPSA) is 43.4 Å². The molecule has 0 aliphatic rings. The molecule has 0 aliphatic carbocycles. The van der Waals surface area contributed by atoms with Gasteiger partial charge in [0.25, 0.3) is 0 Å². The monoisotopic (exact) mass is 332 g/mol. The van der Waals surface area contributed by atoms with Crippen LogP contribution in [0, 0.1) is 0 Å². The lowest BCUT2D eigenvalue weighted by Crippen LogP contribution is -2.12. The molecule has 0 fully saturated rings. The summed E-state index contributed by atoms with van der Waals surface area (Å²) in [5.41, 5.74) is 0. The van der Waals surface area contributed by atoms with Gasteiger partial charge in [-0.3, -0.25) is 9.59 Å². The van der Waals surface area contributed by atoms with E-state index in [0.717, 1.165) is 19.3 Å². The van der Waals surface area contributed by atoms with E-state index >= 15 is 0 Å². The molecule has 0 rings (SSSR count). The first-order valence-corrected chi connectivity index (χ1v) is 9.53. The Morgan fingerprint density at radius 3 is 1.50 bits per heavy atom. The van der Waals surface area contributed by atoms with Crippen molar-refractivity contribution < 1.29 is 14.3 Å². The van der Waals surface area contributed by atoms with Crippen LogP contribution >= 0.6 is 11.6 Å². The van der Waals surface area contributed by atoms with E-state index in [9.17, 15) is 9.59 Å². The SMILES string of the molecule is CCCCCCCCCCCCCCCC(=O)OC(=O)CCl. The molecule has 0 N–H and O–H groups in total. The third kappa shape index (κ3) is 15.8. The second-order valence-corrected chi connectivity index (χ2v) is 6.24. The predicted molar refractivity (Wildman–Crippen MR) is 92.1 cm³/mol. The van der Waals surface area contributed by atoms with Gasteiger partial charge in [0.15, 0.2) is 0 Å². The van der Waals surface area contributed by atoms with Crippen LogP contribution in [0.5, 0.6) is 0 Å². The molecule has 0 aromatic carbocycles. The highest BCUT2D eigenvalue weighted by Crippen LogP contribution is 2.13. The Morgan fingerprint density at radius 1 is 0.682 bits per heavy atom. The first kappa shape index (κ1) is 21.4. The van der Waals surface area contributed by atoms with Crippen molar-refractivity contribution in [3.63, 3.8) is 0 Å². The van der Waals surface area contributed by atoms with Gasteiger partial charge in [-0.25, -0.2) is 0 Å². The van der Waals surface area contributed by atoms with Gasteiger partial charge in [0.05, 0.1) is 0 Å². The van der Waals surface area contributed by atoms with Crippen molar-refractivity contribution in [1.82, 2.24) is 0 Å². The van der Waals surface area contributed by atoms with Crippen molar-refractivity contribution >= 4 is 23.5 Å². The van der Waals surface area contributed by atoms with E-state index in [1.165, 1.54) is 64.2 Å². The molecule has 130 valence electrons. The number of carbonyl (C=O) groups excluding carboxylic acids is 2. The van der Waals surface area contributed by atoms with Crippen molar-refractivity contribution in [3.05, 3.63) is 0 Å². The molecule has 3 nitrogen and oxygen atoms in total. The van der Waals surface area contributed by atoms with Gasteiger partial charge < -0.3 is 4.74 Å². The fourth-order valence-electron chi connectivity index (χ4n) is 2.49. The molecular weight excluding hydrogens is 300 g/mol. The minimum absolute atomic E-state index is 0.260. The Bertz CT molecular complexity index is 280. The Labute approximate surface area is 141 Å². The minimum Gasteiger partial charge on any atom is -0.392 e. The molecule has 0 atom stereocenters. The summed E-state index contributed by atoms with van der Waals surface area (Å²) in [6.45, 7) is 2.25. The molecule has 0 unspecified atom stereocenters. The first-order chi connectivity index (χ1) is 10.7. The zero-order chi connectivity index (χ0) is 16.5. The normalized spacial score (nSPS) is 10.6. The van der Waals surface area contributed by atoms with Crippen molar-refractivity contribution in [2.45, 2.75) is 96.8 Å². The zero-order valence-corrected chi connectivity index (χ0v) is 15.0. The molecule has 4 heteroatoms. The first-order valence-electron chi connectivity index (χ1n) is 9.00. The number of hydrogen-bond donors (Lipinski definition) is 0. The van der Waals surface area contributed by atoms with Crippen LogP contribution in [0.4, 0.5) is 0 Å². The molecule has 0 heterocycles. The van der Waals surface area contributed by atoms with E-state index in [-0.39, 0.29) is 5.88 Å². The highest BCUT2D eigenvalue weighted by molar-refractivity contribution is 6.27. The van der Waals surface area contributed by atoms with Crippen LogP contribution in [0.2, 0.25) is 0 Å². The second kappa shape index (κ2) is 16.8. The molecule has 0 bridgehead atoms. The predicted octanol–water partition coefficient (Wildman–Crippen LogP) is 5.78. The van der Waals surface area contributed by atoms with Gasteiger partial charge in [-0.15, -0.1) is 11.6 Å². The van der Waals surface area contributed by atoms with Gasteiger partial charge in [0, 0.05) is 6.42 Å². The number of ether oxygens (including phenoxy) is 1. The number of rotatable bonds is 15. The average Bonchev–Trinajstić information content (AvgIpc) is 2.51. The number of esters is 2. The molecule has 0 radical (unpaired) electrons. The van der Waals surface area contributed by atoms with E-state index in [0.29, 0.717) is 6.42 Å². The molecule has 22 heavy (non-hydrogen) atoms. The highest BCUT2D eigenvalue weighted by atomic mass is 35.5. The maximum absolute atomic E-state index is 11.2. The largest absolute Gasteiger partial charge is 0.392 e. The van der Waals surface area contributed by atoms with Gasteiger partial charge in [-0.2, -0.15) is 0 Å². The van der Waals surface area contributed by atoms with Crippen molar-refractivity contribution in [1.29, 1.82) is 0 Å².